The lowest BCUT2D eigenvalue weighted by atomic mass is 10.2. The van der Waals surface area contributed by atoms with Crippen molar-refractivity contribution in [3.8, 4) is 0 Å². The van der Waals surface area contributed by atoms with E-state index in [-0.39, 0.29) is 6.61 Å². The molecule has 0 saturated heterocycles. The third-order valence-corrected chi connectivity index (χ3v) is 1.50. The third kappa shape index (κ3) is 4.81. The van der Waals surface area contributed by atoms with Crippen molar-refractivity contribution in [2.24, 2.45) is 5.16 Å². The fourth-order valence-corrected chi connectivity index (χ4v) is 0.871. The molecule has 0 unspecified atom stereocenters. The molecule has 1 aromatic carbocycles. The first-order valence-corrected chi connectivity index (χ1v) is 4.57. The van der Waals surface area contributed by atoms with Gasteiger partial charge in [-0.15, -0.1) is 0 Å². The van der Waals surface area contributed by atoms with E-state index < -0.39 is 6.16 Å². The SMILES string of the molecule is CC(C)=NOC(=O)OCc1ccccc1. The maximum Gasteiger partial charge on any atom is 0.535 e. The number of hydrogen-bond acceptors (Lipinski definition) is 4. The van der Waals surface area contributed by atoms with Gasteiger partial charge >= 0.3 is 6.16 Å². The van der Waals surface area contributed by atoms with Gasteiger partial charge in [-0.3, -0.25) is 4.84 Å². The summed E-state index contributed by atoms with van der Waals surface area (Å²) in [4.78, 5) is 15.4. The molecule has 1 rings (SSSR count). The molecular formula is C11H13NO3. The molecule has 0 aliphatic heterocycles. The predicted molar refractivity (Wildman–Crippen MR) is 56.5 cm³/mol. The Balaban J connectivity index is 2.32. The fraction of sp³-hybridized carbons (Fsp3) is 0.273. The minimum Gasteiger partial charge on any atom is -0.428 e. The van der Waals surface area contributed by atoms with E-state index in [0.29, 0.717) is 5.71 Å². The lowest BCUT2D eigenvalue weighted by Crippen LogP contribution is -2.04. The Bertz CT molecular complexity index is 342. The monoisotopic (exact) mass is 207 g/mol. The quantitative estimate of drug-likeness (QED) is 0.331. The number of benzene rings is 1. The Hall–Kier alpha value is -1.84. The highest BCUT2D eigenvalue weighted by molar-refractivity contribution is 5.79. The molecule has 0 amide bonds. The average molecular weight is 207 g/mol. The highest BCUT2D eigenvalue weighted by Crippen LogP contribution is 2.01. The first kappa shape index (κ1) is 11.2. The van der Waals surface area contributed by atoms with Crippen LogP contribution in [-0.2, 0) is 16.2 Å². The van der Waals surface area contributed by atoms with Crippen LogP contribution in [0.1, 0.15) is 19.4 Å². The minimum absolute atomic E-state index is 0.192. The van der Waals surface area contributed by atoms with E-state index in [1.807, 2.05) is 30.3 Å². The van der Waals surface area contributed by atoms with Crippen molar-refractivity contribution in [1.82, 2.24) is 0 Å². The van der Waals surface area contributed by atoms with Crippen molar-refractivity contribution in [3.05, 3.63) is 35.9 Å². The third-order valence-electron chi connectivity index (χ3n) is 1.50. The average Bonchev–Trinajstić information content (AvgIpc) is 2.25. The molecule has 0 N–H and O–H groups in total. The van der Waals surface area contributed by atoms with Crippen LogP contribution >= 0.6 is 0 Å². The maximum absolute atomic E-state index is 11.0. The van der Waals surface area contributed by atoms with E-state index in [9.17, 15) is 4.79 Å². The Morgan fingerprint density at radius 3 is 2.53 bits per heavy atom. The van der Waals surface area contributed by atoms with Gasteiger partial charge in [-0.1, -0.05) is 35.5 Å². The molecule has 80 valence electrons. The van der Waals surface area contributed by atoms with Gasteiger partial charge in [-0.25, -0.2) is 4.79 Å². The molecule has 0 aromatic heterocycles. The lowest BCUT2D eigenvalue weighted by Gasteiger charge is -2.01. The van der Waals surface area contributed by atoms with Crippen molar-refractivity contribution in [3.63, 3.8) is 0 Å². The van der Waals surface area contributed by atoms with Crippen LogP contribution in [0.25, 0.3) is 0 Å². The zero-order valence-electron chi connectivity index (χ0n) is 8.77. The number of rotatable bonds is 3. The zero-order chi connectivity index (χ0) is 11.1. The molecule has 0 aliphatic rings. The van der Waals surface area contributed by atoms with Crippen LogP contribution in [0.5, 0.6) is 0 Å². The van der Waals surface area contributed by atoms with Gasteiger partial charge in [0, 0.05) is 0 Å². The van der Waals surface area contributed by atoms with Gasteiger partial charge < -0.3 is 4.74 Å². The van der Waals surface area contributed by atoms with Crippen LogP contribution in [0.4, 0.5) is 4.79 Å². The summed E-state index contributed by atoms with van der Waals surface area (Å²) >= 11 is 0. The molecule has 0 radical (unpaired) electrons. The normalized spacial score (nSPS) is 9.20. The Labute approximate surface area is 88.5 Å². The summed E-state index contributed by atoms with van der Waals surface area (Å²) in [6.45, 7) is 3.65. The van der Waals surface area contributed by atoms with Gasteiger partial charge in [-0.05, 0) is 19.4 Å². The molecule has 0 bridgehead atoms. The molecule has 4 nitrogen and oxygen atoms in total. The molecule has 0 spiro atoms. The van der Waals surface area contributed by atoms with Crippen molar-refractivity contribution < 1.29 is 14.4 Å². The molecule has 0 atom stereocenters. The minimum atomic E-state index is -0.792. The second-order valence-electron chi connectivity index (χ2n) is 3.15. The fourth-order valence-electron chi connectivity index (χ4n) is 0.871. The number of carbonyl (C=O) groups is 1. The Morgan fingerprint density at radius 2 is 1.93 bits per heavy atom. The number of ether oxygens (including phenoxy) is 1. The summed E-state index contributed by atoms with van der Waals surface area (Å²) < 4.78 is 4.81. The topological polar surface area (TPSA) is 47.9 Å². The predicted octanol–water partition coefficient (Wildman–Crippen LogP) is 2.74. The van der Waals surface area contributed by atoms with Crippen LogP contribution in [0, 0.1) is 0 Å². The van der Waals surface area contributed by atoms with E-state index in [1.54, 1.807) is 13.8 Å². The van der Waals surface area contributed by atoms with Crippen LogP contribution in [0.15, 0.2) is 35.5 Å². The summed E-state index contributed by atoms with van der Waals surface area (Å²) in [6, 6.07) is 9.37. The number of hydrogen-bond donors (Lipinski definition) is 0. The summed E-state index contributed by atoms with van der Waals surface area (Å²) in [6.07, 6.45) is -0.792. The zero-order valence-corrected chi connectivity index (χ0v) is 8.77. The van der Waals surface area contributed by atoms with Crippen molar-refractivity contribution in [1.29, 1.82) is 0 Å². The Morgan fingerprint density at radius 1 is 1.27 bits per heavy atom. The van der Waals surface area contributed by atoms with Gasteiger partial charge in [0.15, 0.2) is 0 Å². The highest BCUT2D eigenvalue weighted by atomic mass is 16.8. The largest absolute Gasteiger partial charge is 0.535 e. The first-order chi connectivity index (χ1) is 7.18. The van der Waals surface area contributed by atoms with Crippen LogP contribution in [0.2, 0.25) is 0 Å². The first-order valence-electron chi connectivity index (χ1n) is 4.57. The summed E-state index contributed by atoms with van der Waals surface area (Å²) in [7, 11) is 0. The smallest absolute Gasteiger partial charge is 0.428 e. The second kappa shape index (κ2) is 5.80. The second-order valence-corrected chi connectivity index (χ2v) is 3.15. The van der Waals surface area contributed by atoms with E-state index in [1.165, 1.54) is 0 Å². The molecule has 1 aromatic rings. The van der Waals surface area contributed by atoms with Crippen LogP contribution in [-0.4, -0.2) is 11.9 Å². The molecule has 0 saturated carbocycles. The van der Waals surface area contributed by atoms with Crippen LogP contribution in [0.3, 0.4) is 0 Å². The summed E-state index contributed by atoms with van der Waals surface area (Å²) in [5, 5.41) is 3.48. The van der Waals surface area contributed by atoms with E-state index in [2.05, 4.69) is 9.99 Å². The summed E-state index contributed by atoms with van der Waals surface area (Å²) in [5.74, 6) is 0. The van der Waals surface area contributed by atoms with Gasteiger partial charge in [0.25, 0.3) is 0 Å². The van der Waals surface area contributed by atoms with Gasteiger partial charge in [0.2, 0.25) is 0 Å². The van der Waals surface area contributed by atoms with Gasteiger partial charge in [0.1, 0.15) is 6.61 Å². The molecule has 15 heavy (non-hydrogen) atoms. The highest BCUT2D eigenvalue weighted by Gasteiger charge is 2.03. The van der Waals surface area contributed by atoms with Gasteiger partial charge in [0.05, 0.1) is 5.71 Å². The molecular weight excluding hydrogens is 194 g/mol. The van der Waals surface area contributed by atoms with E-state index in [0.717, 1.165) is 5.56 Å². The lowest BCUT2D eigenvalue weighted by molar-refractivity contribution is 0.0518. The maximum atomic E-state index is 11.0. The standard InChI is InChI=1S/C11H13NO3/c1-9(2)12-15-11(13)14-8-10-6-4-3-5-7-10/h3-7H,8H2,1-2H3. The summed E-state index contributed by atoms with van der Waals surface area (Å²) in [5.41, 5.74) is 1.57. The van der Waals surface area contributed by atoms with Crippen LogP contribution < -0.4 is 0 Å². The van der Waals surface area contributed by atoms with Crippen molar-refractivity contribution in [2.75, 3.05) is 0 Å². The number of nitrogens with zero attached hydrogens (tertiary/aromatic N) is 1. The molecule has 0 aliphatic carbocycles. The molecule has 0 heterocycles. The number of carbonyl (C=O) groups excluding carboxylic acids is 1. The van der Waals surface area contributed by atoms with E-state index in [4.69, 9.17) is 4.74 Å². The van der Waals surface area contributed by atoms with Gasteiger partial charge in [-0.2, -0.15) is 0 Å². The number of oxime groups is 1. The Kier molecular flexibility index (Phi) is 4.34. The van der Waals surface area contributed by atoms with Crippen molar-refractivity contribution in [2.45, 2.75) is 20.5 Å². The molecule has 4 heteroatoms. The molecule has 0 fully saturated rings. The van der Waals surface area contributed by atoms with Crippen molar-refractivity contribution >= 4 is 11.9 Å². The van der Waals surface area contributed by atoms with E-state index >= 15 is 0 Å².